The number of aryl methyl sites for hydroxylation is 2. The van der Waals surface area contributed by atoms with Gasteiger partial charge in [-0.3, -0.25) is 4.72 Å². The summed E-state index contributed by atoms with van der Waals surface area (Å²) in [4.78, 5) is 24.4. The molecule has 2 aromatic carbocycles. The molecule has 1 aromatic heterocycles. The molecular formula is C21H19NO6S. The maximum atomic E-state index is 12.4. The predicted molar refractivity (Wildman–Crippen MR) is 109 cm³/mol. The summed E-state index contributed by atoms with van der Waals surface area (Å²) < 4.78 is 35.7. The number of nitrogens with one attached hydrogen (secondary N) is 1. The van der Waals surface area contributed by atoms with E-state index in [0.717, 1.165) is 30.9 Å². The highest BCUT2D eigenvalue weighted by atomic mass is 32.2. The largest absolute Gasteiger partial charge is 0.457 e. The highest BCUT2D eigenvalue weighted by molar-refractivity contribution is 7.92. The second kappa shape index (κ2) is 7.36. The van der Waals surface area contributed by atoms with Crippen molar-refractivity contribution in [3.8, 4) is 0 Å². The normalized spacial score (nSPS) is 13.3. The number of sulfonamides is 1. The summed E-state index contributed by atoms with van der Waals surface area (Å²) in [7, 11) is -3.46. The fraction of sp³-hybridized carbons (Fsp3) is 0.238. The van der Waals surface area contributed by atoms with Gasteiger partial charge in [0.05, 0.1) is 11.8 Å². The molecule has 29 heavy (non-hydrogen) atoms. The topological polar surface area (TPSA) is 103 Å². The van der Waals surface area contributed by atoms with Crippen molar-refractivity contribution >= 4 is 32.6 Å². The van der Waals surface area contributed by atoms with Crippen molar-refractivity contribution in [2.24, 2.45) is 0 Å². The third-order valence-corrected chi connectivity index (χ3v) is 5.41. The second-order valence-electron chi connectivity index (χ2n) is 7.09. The van der Waals surface area contributed by atoms with Gasteiger partial charge in [-0.1, -0.05) is 6.07 Å². The highest BCUT2D eigenvalue weighted by Crippen LogP contribution is 2.29. The molecule has 0 saturated carbocycles. The molecule has 1 aliphatic rings. The molecule has 0 aliphatic heterocycles. The molecule has 0 unspecified atom stereocenters. The molecule has 150 valence electrons. The fourth-order valence-corrected chi connectivity index (χ4v) is 4.12. The van der Waals surface area contributed by atoms with E-state index in [0.29, 0.717) is 11.1 Å². The number of rotatable bonds is 5. The van der Waals surface area contributed by atoms with Crippen molar-refractivity contribution in [1.29, 1.82) is 0 Å². The molecule has 0 saturated heterocycles. The van der Waals surface area contributed by atoms with E-state index in [-0.39, 0.29) is 17.9 Å². The minimum atomic E-state index is -3.46. The van der Waals surface area contributed by atoms with Gasteiger partial charge in [0.2, 0.25) is 10.0 Å². The SMILES string of the molecule is CS(=O)(=O)Nc1cccc(C(=O)OCc2cc(=O)oc3cc4c(cc23)CCC4)c1. The number of ether oxygens (including phenoxy) is 1. The number of benzene rings is 2. The second-order valence-corrected chi connectivity index (χ2v) is 8.84. The number of anilines is 1. The van der Waals surface area contributed by atoms with Gasteiger partial charge in [0.15, 0.2) is 0 Å². The molecule has 0 atom stereocenters. The monoisotopic (exact) mass is 413 g/mol. The Hall–Kier alpha value is -3.13. The van der Waals surface area contributed by atoms with Crippen molar-refractivity contribution in [1.82, 2.24) is 0 Å². The Morgan fingerprint density at radius 3 is 2.66 bits per heavy atom. The van der Waals surface area contributed by atoms with Gasteiger partial charge >= 0.3 is 11.6 Å². The van der Waals surface area contributed by atoms with Crippen LogP contribution in [0.4, 0.5) is 5.69 Å². The van der Waals surface area contributed by atoms with E-state index >= 15 is 0 Å². The lowest BCUT2D eigenvalue weighted by molar-refractivity contribution is 0.0474. The van der Waals surface area contributed by atoms with Gasteiger partial charge in [-0.15, -0.1) is 0 Å². The Labute approximate surface area is 167 Å². The van der Waals surface area contributed by atoms with Gasteiger partial charge < -0.3 is 9.15 Å². The maximum absolute atomic E-state index is 12.4. The third-order valence-electron chi connectivity index (χ3n) is 4.80. The number of carbonyl (C=O) groups is 1. The Morgan fingerprint density at radius 1 is 1.14 bits per heavy atom. The van der Waals surface area contributed by atoms with Crippen LogP contribution in [0.25, 0.3) is 11.0 Å². The first-order chi connectivity index (χ1) is 13.8. The molecule has 0 spiro atoms. The molecule has 0 radical (unpaired) electrons. The zero-order valence-corrected chi connectivity index (χ0v) is 16.5. The molecule has 1 heterocycles. The van der Waals surface area contributed by atoms with Crippen molar-refractivity contribution < 1.29 is 22.4 Å². The van der Waals surface area contributed by atoms with E-state index < -0.39 is 21.6 Å². The van der Waals surface area contributed by atoms with E-state index in [9.17, 15) is 18.0 Å². The zero-order valence-electron chi connectivity index (χ0n) is 15.7. The molecule has 7 nitrogen and oxygen atoms in total. The Balaban J connectivity index is 1.58. The lowest BCUT2D eigenvalue weighted by atomic mass is 10.0. The molecule has 0 bridgehead atoms. The van der Waals surface area contributed by atoms with Crippen LogP contribution in [0.5, 0.6) is 0 Å². The van der Waals surface area contributed by atoms with Gasteiger partial charge in [-0.25, -0.2) is 18.0 Å². The van der Waals surface area contributed by atoms with Crippen LogP contribution in [0.15, 0.2) is 51.7 Å². The van der Waals surface area contributed by atoms with Gasteiger partial charge in [0.1, 0.15) is 12.2 Å². The first-order valence-electron chi connectivity index (χ1n) is 9.12. The van der Waals surface area contributed by atoms with Crippen molar-refractivity contribution in [2.75, 3.05) is 11.0 Å². The minimum Gasteiger partial charge on any atom is -0.457 e. The van der Waals surface area contributed by atoms with Gasteiger partial charge in [0, 0.05) is 22.7 Å². The summed E-state index contributed by atoms with van der Waals surface area (Å²) in [5.41, 5.74) is 3.44. The summed E-state index contributed by atoms with van der Waals surface area (Å²) in [5, 5.41) is 0.755. The van der Waals surface area contributed by atoms with E-state index in [4.69, 9.17) is 9.15 Å². The number of carbonyl (C=O) groups excluding carboxylic acids is 1. The number of hydrogen-bond acceptors (Lipinski definition) is 6. The first kappa shape index (κ1) is 19.2. The third kappa shape index (κ3) is 4.32. The summed E-state index contributed by atoms with van der Waals surface area (Å²) in [6, 6.07) is 11.2. The Kier molecular flexibility index (Phi) is 4.87. The van der Waals surface area contributed by atoms with Crippen LogP contribution >= 0.6 is 0 Å². The zero-order chi connectivity index (χ0) is 20.6. The summed E-state index contributed by atoms with van der Waals surface area (Å²) in [5.74, 6) is -0.621. The molecule has 8 heteroatoms. The van der Waals surface area contributed by atoms with Crippen LogP contribution in [0.1, 0.15) is 33.5 Å². The quantitative estimate of drug-likeness (QED) is 0.510. The molecule has 3 aromatic rings. The van der Waals surface area contributed by atoms with Crippen LogP contribution < -0.4 is 10.3 Å². The number of esters is 1. The van der Waals surface area contributed by atoms with E-state index in [2.05, 4.69) is 4.72 Å². The number of fused-ring (bicyclic) bond motifs is 2. The van der Waals surface area contributed by atoms with Crippen LogP contribution in [0.2, 0.25) is 0 Å². The standard InChI is InChI=1S/C21H19NO6S/c1-29(25,26)22-17-7-3-6-15(8-17)21(24)27-12-16-11-20(23)28-19-10-14-5-2-4-13(14)9-18(16)19/h3,6-11,22H,2,4-5,12H2,1H3. The summed E-state index contributed by atoms with van der Waals surface area (Å²) >= 11 is 0. The molecule has 1 aliphatic carbocycles. The highest BCUT2D eigenvalue weighted by Gasteiger charge is 2.16. The summed E-state index contributed by atoms with van der Waals surface area (Å²) in [6.45, 7) is -0.0938. The lowest BCUT2D eigenvalue weighted by Crippen LogP contribution is -2.11. The van der Waals surface area contributed by atoms with Gasteiger partial charge in [0.25, 0.3) is 0 Å². The van der Waals surface area contributed by atoms with E-state index in [1.807, 2.05) is 12.1 Å². The molecule has 0 amide bonds. The molecule has 4 rings (SSSR count). The van der Waals surface area contributed by atoms with Crippen LogP contribution in [0.3, 0.4) is 0 Å². The fourth-order valence-electron chi connectivity index (χ4n) is 3.56. The summed E-state index contributed by atoms with van der Waals surface area (Å²) in [6.07, 6.45) is 4.04. The average molecular weight is 413 g/mol. The number of hydrogen-bond donors (Lipinski definition) is 1. The molecular weight excluding hydrogens is 394 g/mol. The van der Waals surface area contributed by atoms with E-state index in [1.165, 1.54) is 35.4 Å². The first-order valence-corrected chi connectivity index (χ1v) is 11.0. The van der Waals surface area contributed by atoms with Gasteiger partial charge in [-0.05, 0) is 60.7 Å². The Bertz CT molecular complexity index is 1280. The average Bonchev–Trinajstić information content (AvgIpc) is 3.10. The van der Waals surface area contributed by atoms with Crippen molar-refractivity contribution in [3.05, 3.63) is 75.1 Å². The van der Waals surface area contributed by atoms with Crippen molar-refractivity contribution in [3.63, 3.8) is 0 Å². The Morgan fingerprint density at radius 2 is 1.90 bits per heavy atom. The predicted octanol–water partition coefficient (Wildman–Crippen LogP) is 3.01. The molecule has 1 N–H and O–H groups in total. The van der Waals surface area contributed by atoms with Crippen LogP contribution in [-0.2, 0) is 34.2 Å². The van der Waals surface area contributed by atoms with E-state index in [1.54, 1.807) is 6.07 Å². The maximum Gasteiger partial charge on any atom is 0.338 e. The van der Waals surface area contributed by atoms with Crippen molar-refractivity contribution in [2.45, 2.75) is 25.9 Å². The van der Waals surface area contributed by atoms with Crippen LogP contribution in [0, 0.1) is 0 Å². The van der Waals surface area contributed by atoms with Crippen LogP contribution in [-0.4, -0.2) is 20.6 Å². The smallest absolute Gasteiger partial charge is 0.338 e. The lowest BCUT2D eigenvalue weighted by Gasteiger charge is -2.10. The molecule has 0 fully saturated rings. The van der Waals surface area contributed by atoms with Gasteiger partial charge in [-0.2, -0.15) is 0 Å². The minimum absolute atomic E-state index is 0.0938.